The second kappa shape index (κ2) is 5.40. The maximum Gasteiger partial charge on any atom is 0.244 e. The molecule has 20 heavy (non-hydrogen) atoms. The molecule has 3 rings (SSSR count). The van der Waals surface area contributed by atoms with E-state index in [0.29, 0.717) is 17.4 Å². The third-order valence-corrected chi connectivity index (χ3v) is 7.84. The average molecular weight is 315 g/mol. The van der Waals surface area contributed by atoms with Crippen LogP contribution in [0.5, 0.6) is 0 Å². The topological polar surface area (TPSA) is 57.6 Å². The van der Waals surface area contributed by atoms with Crippen LogP contribution in [0, 0.1) is 12.8 Å². The van der Waals surface area contributed by atoms with Gasteiger partial charge in [0.1, 0.15) is 0 Å². The van der Waals surface area contributed by atoms with Crippen LogP contribution in [0.15, 0.2) is 11.0 Å². The molecule has 1 saturated heterocycles. The molecule has 1 saturated carbocycles. The molecule has 2 aliphatic rings. The lowest BCUT2D eigenvalue weighted by atomic mass is 9.86. The molecule has 0 radical (unpaired) electrons. The third kappa shape index (κ3) is 2.32. The Kier molecular flexibility index (Phi) is 3.92. The summed E-state index contributed by atoms with van der Waals surface area (Å²) in [4.78, 5) is 1.91. The highest BCUT2D eigenvalue weighted by molar-refractivity contribution is 7.89. The van der Waals surface area contributed by atoms with Gasteiger partial charge in [-0.05, 0) is 38.2 Å². The van der Waals surface area contributed by atoms with Gasteiger partial charge < -0.3 is 5.11 Å². The predicted octanol–water partition coefficient (Wildman–Crippen LogP) is 2.50. The van der Waals surface area contributed by atoms with Crippen molar-refractivity contribution in [1.82, 2.24) is 4.31 Å². The van der Waals surface area contributed by atoms with E-state index in [9.17, 15) is 13.5 Å². The van der Waals surface area contributed by atoms with Crippen molar-refractivity contribution in [3.05, 3.63) is 15.8 Å². The standard InChI is InChI=1S/C14H21NO3S2/c1-10-14(8-12(9-16)19-10)20(17,18)15-7-6-11-4-2-3-5-13(11)15/h8,11,13,16H,2-7,9H2,1H3. The number of aliphatic hydroxyl groups is 1. The molecule has 1 N–H and O–H groups in total. The predicted molar refractivity (Wildman–Crippen MR) is 79.2 cm³/mol. The van der Waals surface area contributed by atoms with Gasteiger partial charge in [-0.3, -0.25) is 0 Å². The van der Waals surface area contributed by atoms with Crippen molar-refractivity contribution in [1.29, 1.82) is 0 Å². The fourth-order valence-electron chi connectivity index (χ4n) is 3.65. The largest absolute Gasteiger partial charge is 0.391 e. The Morgan fingerprint density at radius 3 is 2.80 bits per heavy atom. The van der Waals surface area contributed by atoms with E-state index in [1.54, 1.807) is 10.4 Å². The Morgan fingerprint density at radius 1 is 1.35 bits per heavy atom. The van der Waals surface area contributed by atoms with E-state index in [1.165, 1.54) is 24.2 Å². The highest BCUT2D eigenvalue weighted by Gasteiger charge is 2.42. The summed E-state index contributed by atoms with van der Waals surface area (Å²) in [5.41, 5.74) is 0. The first-order valence-corrected chi connectivity index (χ1v) is 9.51. The lowest BCUT2D eigenvalue weighted by Gasteiger charge is -2.30. The lowest BCUT2D eigenvalue weighted by molar-refractivity contribution is 0.260. The van der Waals surface area contributed by atoms with Crippen molar-refractivity contribution in [2.75, 3.05) is 6.54 Å². The number of aliphatic hydroxyl groups excluding tert-OH is 1. The monoisotopic (exact) mass is 315 g/mol. The van der Waals surface area contributed by atoms with Gasteiger partial charge in [-0.25, -0.2) is 8.42 Å². The molecule has 2 fully saturated rings. The third-order valence-electron chi connectivity index (χ3n) is 4.62. The minimum Gasteiger partial charge on any atom is -0.391 e. The number of thiophene rings is 1. The summed E-state index contributed by atoms with van der Waals surface area (Å²) < 4.78 is 27.5. The Bertz CT molecular complexity index is 594. The van der Waals surface area contributed by atoms with Crippen molar-refractivity contribution in [2.24, 2.45) is 5.92 Å². The minimum absolute atomic E-state index is 0.0902. The summed E-state index contributed by atoms with van der Waals surface area (Å²) in [6.07, 6.45) is 5.54. The molecule has 0 amide bonds. The maximum absolute atomic E-state index is 12.9. The molecule has 2 atom stereocenters. The Labute approximate surface area is 124 Å². The smallest absolute Gasteiger partial charge is 0.244 e. The highest BCUT2D eigenvalue weighted by Crippen LogP contribution is 2.40. The van der Waals surface area contributed by atoms with Crippen LogP contribution in [0.25, 0.3) is 0 Å². The van der Waals surface area contributed by atoms with E-state index < -0.39 is 10.0 Å². The Hall–Kier alpha value is -0.430. The first kappa shape index (κ1) is 14.5. The summed E-state index contributed by atoms with van der Waals surface area (Å²) in [5, 5.41) is 9.20. The average Bonchev–Trinajstić information content (AvgIpc) is 3.02. The first-order chi connectivity index (χ1) is 9.54. The van der Waals surface area contributed by atoms with Crippen LogP contribution in [0.3, 0.4) is 0 Å². The number of aryl methyl sites for hydroxylation is 1. The summed E-state index contributed by atoms with van der Waals surface area (Å²) in [5.74, 6) is 0.551. The van der Waals surface area contributed by atoms with Gasteiger partial charge in [-0.1, -0.05) is 12.8 Å². The van der Waals surface area contributed by atoms with Gasteiger partial charge in [0.2, 0.25) is 10.0 Å². The molecule has 1 aliphatic carbocycles. The summed E-state index contributed by atoms with van der Waals surface area (Å²) in [6.45, 7) is 2.39. The molecule has 6 heteroatoms. The van der Waals surface area contributed by atoms with Gasteiger partial charge >= 0.3 is 0 Å². The van der Waals surface area contributed by atoms with E-state index in [0.717, 1.165) is 29.0 Å². The fourth-order valence-corrected chi connectivity index (χ4v) is 6.84. The Morgan fingerprint density at radius 2 is 2.10 bits per heavy atom. The molecule has 0 aromatic carbocycles. The first-order valence-electron chi connectivity index (χ1n) is 7.26. The van der Waals surface area contributed by atoms with Gasteiger partial charge in [-0.15, -0.1) is 11.3 Å². The van der Waals surface area contributed by atoms with Crippen LogP contribution in [0.4, 0.5) is 0 Å². The number of hydrogen-bond donors (Lipinski definition) is 1. The van der Waals surface area contributed by atoms with Crippen LogP contribution < -0.4 is 0 Å². The quantitative estimate of drug-likeness (QED) is 0.932. The van der Waals surface area contributed by atoms with Gasteiger partial charge in [0.15, 0.2) is 0 Å². The molecule has 2 unspecified atom stereocenters. The lowest BCUT2D eigenvalue weighted by Crippen LogP contribution is -2.39. The van der Waals surface area contributed by atoms with Crippen LogP contribution in [-0.4, -0.2) is 30.4 Å². The van der Waals surface area contributed by atoms with E-state index in [2.05, 4.69) is 0 Å². The second-order valence-electron chi connectivity index (χ2n) is 5.81. The molecular weight excluding hydrogens is 294 g/mol. The maximum atomic E-state index is 12.9. The normalized spacial score (nSPS) is 27.7. The second-order valence-corrected chi connectivity index (χ2v) is 9.01. The fraction of sp³-hybridized carbons (Fsp3) is 0.714. The molecule has 1 aromatic heterocycles. The molecule has 112 valence electrons. The van der Waals surface area contributed by atoms with E-state index in [1.807, 2.05) is 6.92 Å². The molecule has 0 bridgehead atoms. The highest BCUT2D eigenvalue weighted by atomic mass is 32.2. The van der Waals surface area contributed by atoms with E-state index in [-0.39, 0.29) is 12.6 Å². The summed E-state index contributed by atoms with van der Waals surface area (Å²) in [7, 11) is -3.40. The van der Waals surface area contributed by atoms with Crippen LogP contribution in [-0.2, 0) is 16.6 Å². The van der Waals surface area contributed by atoms with Crippen LogP contribution in [0.1, 0.15) is 41.9 Å². The molecule has 1 aliphatic heterocycles. The minimum atomic E-state index is -3.40. The summed E-state index contributed by atoms with van der Waals surface area (Å²) in [6, 6.07) is 1.84. The molecular formula is C14H21NO3S2. The molecule has 2 heterocycles. The number of hydrogen-bond acceptors (Lipinski definition) is 4. The van der Waals surface area contributed by atoms with Gasteiger partial charge in [-0.2, -0.15) is 4.31 Å². The van der Waals surface area contributed by atoms with E-state index >= 15 is 0 Å². The van der Waals surface area contributed by atoms with Gasteiger partial charge in [0.25, 0.3) is 0 Å². The van der Waals surface area contributed by atoms with Crippen LogP contribution >= 0.6 is 11.3 Å². The Balaban J connectivity index is 1.93. The number of nitrogens with zero attached hydrogens (tertiary/aromatic N) is 1. The van der Waals surface area contributed by atoms with Gasteiger partial charge in [0, 0.05) is 22.3 Å². The van der Waals surface area contributed by atoms with Gasteiger partial charge in [0.05, 0.1) is 11.5 Å². The number of fused-ring (bicyclic) bond motifs is 1. The van der Waals surface area contributed by atoms with Crippen molar-refractivity contribution in [3.8, 4) is 0 Å². The SMILES string of the molecule is Cc1sc(CO)cc1S(=O)(=O)N1CCC2CCCCC21. The zero-order valence-electron chi connectivity index (χ0n) is 11.7. The van der Waals surface area contributed by atoms with Crippen molar-refractivity contribution >= 4 is 21.4 Å². The van der Waals surface area contributed by atoms with Crippen molar-refractivity contribution in [3.63, 3.8) is 0 Å². The van der Waals surface area contributed by atoms with Crippen LogP contribution in [0.2, 0.25) is 0 Å². The number of rotatable bonds is 3. The van der Waals surface area contributed by atoms with Crippen molar-refractivity contribution in [2.45, 2.75) is 56.6 Å². The van der Waals surface area contributed by atoms with Crippen molar-refractivity contribution < 1.29 is 13.5 Å². The number of sulfonamides is 1. The zero-order valence-corrected chi connectivity index (χ0v) is 13.3. The molecule has 4 nitrogen and oxygen atoms in total. The van der Waals surface area contributed by atoms with E-state index in [4.69, 9.17) is 0 Å². The summed E-state index contributed by atoms with van der Waals surface area (Å²) >= 11 is 1.37. The molecule has 1 aromatic rings. The zero-order chi connectivity index (χ0) is 14.3. The molecule has 0 spiro atoms.